The number of carbonyl (C=O) groups excluding carboxylic acids is 1. The molecule has 88 valence electrons. The molecule has 2 heterocycles. The van der Waals surface area contributed by atoms with Crippen molar-refractivity contribution in [1.29, 1.82) is 0 Å². The Labute approximate surface area is 93.2 Å². The van der Waals surface area contributed by atoms with Gasteiger partial charge in [0.15, 0.2) is 5.82 Å². The van der Waals surface area contributed by atoms with Crippen LogP contribution in [-0.2, 0) is 6.54 Å². The van der Waals surface area contributed by atoms with Gasteiger partial charge in [0, 0.05) is 0 Å². The zero-order valence-corrected chi connectivity index (χ0v) is 8.31. The minimum absolute atomic E-state index is 0.0462. The Bertz CT molecular complexity index is 522. The first-order valence-corrected chi connectivity index (χ1v) is 4.36. The third kappa shape index (κ3) is 2.25. The van der Waals surface area contributed by atoms with Crippen LogP contribution in [0.15, 0.2) is 16.8 Å². The van der Waals surface area contributed by atoms with Gasteiger partial charge in [0.05, 0.1) is 17.4 Å². The van der Waals surface area contributed by atoms with Crippen LogP contribution in [0.1, 0.15) is 16.5 Å². The predicted octanol–water partition coefficient (Wildman–Crippen LogP) is -0.679. The molecule has 0 bridgehead atoms. The number of rotatable bonds is 4. The maximum atomic E-state index is 10.7. The van der Waals surface area contributed by atoms with Gasteiger partial charge in [-0.25, -0.2) is 0 Å². The lowest BCUT2D eigenvalue weighted by atomic mass is 10.6. The number of carbonyl (C=O) groups is 1. The molecule has 2 aromatic heterocycles. The second-order valence-electron chi connectivity index (χ2n) is 3.01. The zero-order chi connectivity index (χ0) is 12.4. The van der Waals surface area contributed by atoms with E-state index in [1.807, 2.05) is 0 Å². The Morgan fingerprint density at radius 3 is 2.94 bits per heavy atom. The van der Waals surface area contributed by atoms with Crippen molar-refractivity contribution in [3.05, 3.63) is 34.1 Å². The third-order valence-electron chi connectivity index (χ3n) is 1.80. The van der Waals surface area contributed by atoms with Crippen molar-refractivity contribution in [3.8, 4) is 0 Å². The summed E-state index contributed by atoms with van der Waals surface area (Å²) in [6.45, 7) is 0.0462. The van der Waals surface area contributed by atoms with E-state index in [4.69, 9.17) is 5.73 Å². The first-order valence-electron chi connectivity index (χ1n) is 4.36. The van der Waals surface area contributed by atoms with Crippen LogP contribution < -0.4 is 5.73 Å². The summed E-state index contributed by atoms with van der Waals surface area (Å²) in [5.74, 6) is -1.29. The molecule has 2 aromatic rings. The molecule has 0 saturated carbocycles. The summed E-state index contributed by atoms with van der Waals surface area (Å²) >= 11 is 0. The molecule has 0 saturated heterocycles. The fourth-order valence-corrected chi connectivity index (χ4v) is 1.10. The largest absolute Gasteiger partial charge is 0.389 e. The average molecular weight is 238 g/mol. The van der Waals surface area contributed by atoms with Gasteiger partial charge in [0.25, 0.3) is 0 Å². The quantitative estimate of drug-likeness (QED) is 0.548. The Balaban J connectivity index is 2.13. The molecule has 1 amide bonds. The summed E-state index contributed by atoms with van der Waals surface area (Å²) in [5.41, 5.74) is 4.92. The molecule has 0 aliphatic carbocycles. The van der Waals surface area contributed by atoms with E-state index >= 15 is 0 Å². The lowest BCUT2D eigenvalue weighted by molar-refractivity contribution is -0.389. The number of nitrogens with zero attached hydrogens (tertiary/aromatic N) is 5. The number of hydrogen-bond donors (Lipinski definition) is 1. The van der Waals surface area contributed by atoms with Gasteiger partial charge in [-0.15, -0.1) is 0 Å². The van der Waals surface area contributed by atoms with Crippen LogP contribution in [0.2, 0.25) is 0 Å². The number of primary amides is 1. The highest BCUT2D eigenvalue weighted by molar-refractivity contribution is 5.87. The van der Waals surface area contributed by atoms with E-state index in [0.29, 0.717) is 0 Å². The van der Waals surface area contributed by atoms with Crippen molar-refractivity contribution in [2.45, 2.75) is 6.54 Å². The summed E-state index contributed by atoms with van der Waals surface area (Å²) in [4.78, 5) is 24.1. The van der Waals surface area contributed by atoms with Crippen LogP contribution >= 0.6 is 0 Å². The van der Waals surface area contributed by atoms with Crippen LogP contribution in [0.4, 0.5) is 5.82 Å². The molecule has 0 radical (unpaired) electrons. The molecule has 10 nitrogen and oxygen atoms in total. The van der Waals surface area contributed by atoms with E-state index < -0.39 is 10.8 Å². The number of nitro groups is 1. The molecule has 0 spiro atoms. The molecule has 0 atom stereocenters. The van der Waals surface area contributed by atoms with Gasteiger partial charge in [0.2, 0.25) is 0 Å². The van der Waals surface area contributed by atoms with Crippen molar-refractivity contribution < 1.29 is 14.2 Å². The summed E-state index contributed by atoms with van der Waals surface area (Å²) in [6, 6.07) is 1.23. The maximum absolute atomic E-state index is 10.7. The molecule has 0 aliphatic heterocycles. The van der Waals surface area contributed by atoms with Gasteiger partial charge < -0.3 is 20.4 Å². The molecule has 0 fully saturated rings. The summed E-state index contributed by atoms with van der Waals surface area (Å²) in [6.07, 6.45) is 1.39. The van der Waals surface area contributed by atoms with Crippen LogP contribution in [-0.4, -0.2) is 30.8 Å². The Morgan fingerprint density at radius 2 is 2.41 bits per heavy atom. The molecule has 0 aromatic carbocycles. The normalized spacial score (nSPS) is 10.4. The van der Waals surface area contributed by atoms with Crippen molar-refractivity contribution >= 4 is 11.7 Å². The van der Waals surface area contributed by atoms with Crippen LogP contribution in [0.3, 0.4) is 0 Å². The molecule has 0 unspecified atom stereocenters. The van der Waals surface area contributed by atoms with Gasteiger partial charge in [-0.3, -0.25) is 4.79 Å². The highest BCUT2D eigenvalue weighted by atomic mass is 16.6. The van der Waals surface area contributed by atoms with Crippen molar-refractivity contribution in [3.63, 3.8) is 0 Å². The second-order valence-corrected chi connectivity index (χ2v) is 3.01. The molecule has 10 heteroatoms. The van der Waals surface area contributed by atoms with E-state index in [2.05, 4.69) is 19.8 Å². The van der Waals surface area contributed by atoms with Gasteiger partial charge >= 0.3 is 17.6 Å². The SMILES string of the molecule is NC(=O)c1nc(Cn2ccc([N+](=O)[O-])n2)no1. The fourth-order valence-electron chi connectivity index (χ4n) is 1.10. The van der Waals surface area contributed by atoms with Gasteiger partial charge in [0.1, 0.15) is 6.54 Å². The molecular weight excluding hydrogens is 232 g/mol. The predicted molar refractivity (Wildman–Crippen MR) is 50.8 cm³/mol. The highest BCUT2D eigenvalue weighted by Crippen LogP contribution is 2.06. The van der Waals surface area contributed by atoms with Crippen molar-refractivity contribution in [2.75, 3.05) is 0 Å². The summed E-state index contributed by atoms with van der Waals surface area (Å²) < 4.78 is 5.79. The minimum Gasteiger partial charge on any atom is -0.361 e. The first kappa shape index (κ1) is 10.7. The van der Waals surface area contributed by atoms with Gasteiger partial charge in [-0.2, -0.15) is 9.67 Å². The molecule has 2 N–H and O–H groups in total. The van der Waals surface area contributed by atoms with E-state index in [1.54, 1.807) is 0 Å². The lowest BCUT2D eigenvalue weighted by Gasteiger charge is -1.88. The van der Waals surface area contributed by atoms with Gasteiger partial charge in [-0.1, -0.05) is 5.16 Å². The highest BCUT2D eigenvalue weighted by Gasteiger charge is 2.15. The third-order valence-corrected chi connectivity index (χ3v) is 1.80. The van der Waals surface area contributed by atoms with Crippen molar-refractivity contribution in [1.82, 2.24) is 19.9 Å². The smallest absolute Gasteiger partial charge is 0.361 e. The van der Waals surface area contributed by atoms with Crippen LogP contribution in [0.25, 0.3) is 0 Å². The minimum atomic E-state index is -0.838. The number of nitrogens with two attached hydrogens (primary N) is 1. The van der Waals surface area contributed by atoms with Crippen molar-refractivity contribution in [2.24, 2.45) is 5.73 Å². The molecule has 2 rings (SSSR count). The van der Waals surface area contributed by atoms with Crippen LogP contribution in [0, 0.1) is 10.1 Å². The first-order chi connectivity index (χ1) is 8.06. The van der Waals surface area contributed by atoms with E-state index in [1.165, 1.54) is 16.9 Å². The zero-order valence-electron chi connectivity index (χ0n) is 8.31. The average Bonchev–Trinajstić information content (AvgIpc) is 2.87. The van der Waals surface area contributed by atoms with Crippen LogP contribution in [0.5, 0.6) is 0 Å². The molecular formula is C7H6N6O4. The fraction of sp³-hybridized carbons (Fsp3) is 0.143. The van der Waals surface area contributed by atoms with E-state index in [9.17, 15) is 14.9 Å². The number of hydrogen-bond acceptors (Lipinski definition) is 7. The Morgan fingerprint density at radius 1 is 1.65 bits per heavy atom. The lowest BCUT2D eigenvalue weighted by Crippen LogP contribution is -2.11. The number of amides is 1. The maximum Gasteiger partial charge on any atom is 0.389 e. The standard InChI is InChI=1S/C7H6N6O4/c8-6(14)7-9-4(11-17-7)3-12-2-1-5(10-12)13(15)16/h1-2H,3H2,(H2,8,14). The Hall–Kier alpha value is -2.78. The topological polar surface area (TPSA) is 143 Å². The summed E-state index contributed by atoms with van der Waals surface area (Å²) in [7, 11) is 0. The molecule has 17 heavy (non-hydrogen) atoms. The summed E-state index contributed by atoms with van der Waals surface area (Å²) in [5, 5.41) is 17.5. The van der Waals surface area contributed by atoms with E-state index in [-0.39, 0.29) is 24.1 Å². The number of aromatic nitrogens is 4. The Kier molecular flexibility index (Phi) is 2.52. The monoisotopic (exact) mass is 238 g/mol. The second kappa shape index (κ2) is 4.00. The molecule has 0 aliphatic rings. The van der Waals surface area contributed by atoms with Gasteiger partial charge in [-0.05, 0) is 4.92 Å². The van der Waals surface area contributed by atoms with E-state index in [0.717, 1.165) is 0 Å².